The van der Waals surface area contributed by atoms with Gasteiger partial charge in [-0.2, -0.15) is 0 Å². The van der Waals surface area contributed by atoms with Crippen LogP contribution in [-0.2, 0) is 13.0 Å². The first-order chi connectivity index (χ1) is 11.9. The van der Waals surface area contributed by atoms with Gasteiger partial charge in [0.1, 0.15) is 5.82 Å². The third kappa shape index (κ3) is 2.69. The lowest BCUT2D eigenvalue weighted by molar-refractivity contribution is 0.623. The van der Waals surface area contributed by atoms with Gasteiger partial charge in [-0.25, -0.2) is 4.98 Å². The average molecular weight is 314 g/mol. The molecule has 0 bridgehead atoms. The molecule has 0 aliphatic rings. The molecule has 24 heavy (non-hydrogen) atoms. The zero-order chi connectivity index (χ0) is 16.4. The number of unbranched alkanes of at least 4 members (excludes halogenated alkanes) is 1. The highest BCUT2D eigenvalue weighted by atomic mass is 15.1. The number of aromatic nitrogens is 2. The van der Waals surface area contributed by atoms with Crippen LogP contribution in [0.25, 0.3) is 21.8 Å². The minimum atomic E-state index is 0.875. The van der Waals surface area contributed by atoms with Crippen LogP contribution in [0, 0.1) is 0 Å². The highest BCUT2D eigenvalue weighted by molar-refractivity contribution is 5.86. The summed E-state index contributed by atoms with van der Waals surface area (Å²) in [6.45, 7) is 3.28. The second-order valence-corrected chi connectivity index (χ2v) is 6.34. The summed E-state index contributed by atoms with van der Waals surface area (Å²) < 4.78 is 2.40. The van der Waals surface area contributed by atoms with E-state index in [-0.39, 0.29) is 0 Å². The van der Waals surface area contributed by atoms with Gasteiger partial charge < -0.3 is 4.57 Å². The lowest BCUT2D eigenvalue weighted by Gasteiger charge is -2.10. The maximum atomic E-state index is 4.93. The molecule has 120 valence electrons. The highest BCUT2D eigenvalue weighted by Gasteiger charge is 2.12. The molecule has 0 aliphatic heterocycles. The van der Waals surface area contributed by atoms with Crippen molar-refractivity contribution in [3.8, 4) is 0 Å². The molecule has 0 aliphatic carbocycles. The van der Waals surface area contributed by atoms with E-state index >= 15 is 0 Å². The van der Waals surface area contributed by atoms with Crippen LogP contribution in [0.1, 0.15) is 31.2 Å². The molecule has 4 aromatic rings. The van der Waals surface area contributed by atoms with Crippen LogP contribution >= 0.6 is 0 Å². The summed E-state index contributed by atoms with van der Waals surface area (Å²) in [6.07, 6.45) is 3.25. The molecule has 0 saturated carbocycles. The van der Waals surface area contributed by atoms with Crippen molar-refractivity contribution in [1.82, 2.24) is 9.55 Å². The van der Waals surface area contributed by atoms with Gasteiger partial charge in [-0.3, -0.25) is 0 Å². The molecule has 0 spiro atoms. The van der Waals surface area contributed by atoms with Crippen molar-refractivity contribution >= 4 is 21.8 Å². The topological polar surface area (TPSA) is 17.8 Å². The molecular weight excluding hydrogens is 292 g/mol. The third-order valence-electron chi connectivity index (χ3n) is 4.70. The highest BCUT2D eigenvalue weighted by Crippen LogP contribution is 2.24. The Morgan fingerprint density at radius 1 is 0.875 bits per heavy atom. The molecule has 2 nitrogen and oxygen atoms in total. The second kappa shape index (κ2) is 6.48. The van der Waals surface area contributed by atoms with Gasteiger partial charge in [0.2, 0.25) is 0 Å². The van der Waals surface area contributed by atoms with Gasteiger partial charge in [-0.05, 0) is 34.9 Å². The summed E-state index contributed by atoms with van der Waals surface area (Å²) in [6, 6.07) is 23.6. The molecule has 1 aromatic heterocycles. The van der Waals surface area contributed by atoms with Crippen molar-refractivity contribution in [1.29, 1.82) is 0 Å². The molecule has 0 radical (unpaired) electrons. The number of aryl methyl sites for hydroxylation is 1. The van der Waals surface area contributed by atoms with E-state index < -0.39 is 0 Å². The van der Waals surface area contributed by atoms with Crippen molar-refractivity contribution < 1.29 is 0 Å². The fraction of sp³-hybridized carbons (Fsp3) is 0.227. The fourth-order valence-electron chi connectivity index (χ4n) is 3.44. The standard InChI is InChI=1S/C22H22N2/c1-2-3-15-24-21-14-7-6-13-20(21)23-22(24)16-18-11-8-10-17-9-4-5-12-19(17)18/h4-14H,2-3,15-16H2,1H3. The van der Waals surface area contributed by atoms with Crippen molar-refractivity contribution in [2.45, 2.75) is 32.7 Å². The first-order valence-corrected chi connectivity index (χ1v) is 8.77. The Morgan fingerprint density at radius 3 is 2.58 bits per heavy atom. The normalized spacial score (nSPS) is 11.4. The van der Waals surface area contributed by atoms with Crippen molar-refractivity contribution in [3.05, 3.63) is 78.1 Å². The van der Waals surface area contributed by atoms with Crippen molar-refractivity contribution in [2.24, 2.45) is 0 Å². The number of fused-ring (bicyclic) bond motifs is 2. The van der Waals surface area contributed by atoms with Gasteiger partial charge in [-0.1, -0.05) is 67.9 Å². The van der Waals surface area contributed by atoms with Gasteiger partial charge in [0, 0.05) is 13.0 Å². The molecule has 0 fully saturated rings. The number of hydrogen-bond donors (Lipinski definition) is 0. The van der Waals surface area contributed by atoms with E-state index in [0.29, 0.717) is 0 Å². The zero-order valence-electron chi connectivity index (χ0n) is 14.1. The summed E-state index contributed by atoms with van der Waals surface area (Å²) >= 11 is 0. The van der Waals surface area contributed by atoms with E-state index in [1.54, 1.807) is 0 Å². The molecule has 0 saturated heterocycles. The maximum absolute atomic E-state index is 4.93. The predicted octanol–water partition coefficient (Wildman–Crippen LogP) is 5.58. The quantitative estimate of drug-likeness (QED) is 0.470. The molecular formula is C22H22N2. The lowest BCUT2D eigenvalue weighted by Crippen LogP contribution is -2.05. The van der Waals surface area contributed by atoms with Crippen LogP contribution in [0.15, 0.2) is 66.7 Å². The molecule has 2 heteroatoms. The Labute approximate surface area is 142 Å². The zero-order valence-corrected chi connectivity index (χ0v) is 14.1. The third-order valence-corrected chi connectivity index (χ3v) is 4.70. The molecule has 0 atom stereocenters. The molecule has 0 amide bonds. The first kappa shape index (κ1) is 14.9. The molecule has 0 N–H and O–H groups in total. The number of hydrogen-bond acceptors (Lipinski definition) is 1. The largest absolute Gasteiger partial charge is 0.328 e. The minimum absolute atomic E-state index is 0.875. The molecule has 0 unspecified atom stereocenters. The maximum Gasteiger partial charge on any atom is 0.114 e. The van der Waals surface area contributed by atoms with Crippen LogP contribution in [0.3, 0.4) is 0 Å². The summed E-state index contributed by atoms with van der Waals surface area (Å²) in [5, 5.41) is 2.63. The summed E-state index contributed by atoms with van der Waals surface area (Å²) in [5.41, 5.74) is 3.70. The number of rotatable bonds is 5. The summed E-state index contributed by atoms with van der Waals surface area (Å²) in [4.78, 5) is 4.93. The van der Waals surface area contributed by atoms with Crippen LogP contribution in [0.4, 0.5) is 0 Å². The summed E-state index contributed by atoms with van der Waals surface area (Å²) in [7, 11) is 0. The van der Waals surface area contributed by atoms with Gasteiger partial charge in [0.05, 0.1) is 11.0 Å². The van der Waals surface area contributed by atoms with Gasteiger partial charge in [0.15, 0.2) is 0 Å². The van der Waals surface area contributed by atoms with E-state index in [4.69, 9.17) is 4.98 Å². The first-order valence-electron chi connectivity index (χ1n) is 8.77. The fourth-order valence-corrected chi connectivity index (χ4v) is 3.44. The van der Waals surface area contributed by atoms with Crippen LogP contribution in [-0.4, -0.2) is 9.55 Å². The number of benzene rings is 3. The van der Waals surface area contributed by atoms with E-state index in [1.807, 2.05) is 0 Å². The van der Waals surface area contributed by atoms with Gasteiger partial charge in [0.25, 0.3) is 0 Å². The monoisotopic (exact) mass is 314 g/mol. The Morgan fingerprint density at radius 2 is 1.67 bits per heavy atom. The lowest BCUT2D eigenvalue weighted by atomic mass is 10.0. The van der Waals surface area contributed by atoms with Crippen LogP contribution < -0.4 is 0 Å². The second-order valence-electron chi connectivity index (χ2n) is 6.34. The van der Waals surface area contributed by atoms with Crippen LogP contribution in [0.2, 0.25) is 0 Å². The van der Waals surface area contributed by atoms with E-state index in [0.717, 1.165) is 18.5 Å². The smallest absolute Gasteiger partial charge is 0.114 e. The molecule has 1 heterocycles. The predicted molar refractivity (Wildman–Crippen MR) is 101 cm³/mol. The Bertz CT molecular complexity index is 976. The minimum Gasteiger partial charge on any atom is -0.328 e. The number of para-hydroxylation sites is 2. The van der Waals surface area contributed by atoms with Crippen molar-refractivity contribution in [2.75, 3.05) is 0 Å². The Hall–Kier alpha value is -2.61. The van der Waals surface area contributed by atoms with Crippen molar-refractivity contribution in [3.63, 3.8) is 0 Å². The van der Waals surface area contributed by atoms with Gasteiger partial charge in [-0.15, -0.1) is 0 Å². The van der Waals surface area contributed by atoms with E-state index in [1.165, 1.54) is 40.5 Å². The summed E-state index contributed by atoms with van der Waals surface area (Å²) in [5.74, 6) is 1.17. The van der Waals surface area contributed by atoms with Gasteiger partial charge >= 0.3 is 0 Å². The van der Waals surface area contributed by atoms with E-state index in [9.17, 15) is 0 Å². The molecule has 4 rings (SSSR count). The van der Waals surface area contributed by atoms with E-state index in [2.05, 4.69) is 78.2 Å². The number of nitrogens with zero attached hydrogens (tertiary/aromatic N) is 2. The Balaban J connectivity index is 1.81. The number of imidazole rings is 1. The average Bonchev–Trinajstić information content (AvgIpc) is 2.97. The SMILES string of the molecule is CCCCn1c(Cc2cccc3ccccc23)nc2ccccc21. The Kier molecular flexibility index (Phi) is 4.04. The molecule has 3 aromatic carbocycles. The van der Waals surface area contributed by atoms with Crippen LogP contribution in [0.5, 0.6) is 0 Å².